The predicted octanol–water partition coefficient (Wildman–Crippen LogP) is 3.40. The molecule has 4 aromatic rings. The van der Waals surface area contributed by atoms with Gasteiger partial charge in [0.2, 0.25) is 17.7 Å². The molecule has 2 heterocycles. The van der Waals surface area contributed by atoms with Crippen molar-refractivity contribution >= 4 is 34.3 Å². The quantitative estimate of drug-likeness (QED) is 0.296. The first-order chi connectivity index (χ1) is 15.9. The van der Waals surface area contributed by atoms with Gasteiger partial charge in [0, 0.05) is 22.7 Å². The monoisotopic (exact) mass is 469 g/mol. The third-order valence-electron chi connectivity index (χ3n) is 5.33. The highest BCUT2D eigenvalue weighted by Gasteiger charge is 2.34. The molecule has 1 amide bonds. The van der Waals surface area contributed by atoms with E-state index < -0.39 is 10.7 Å². The standard InChI is InChI=1S/C21H16ClN5O6/c22-13-3-1-12(2-4-13)20-24-23-18(33-20)10-25(14-5-6-14)19(28)11-26-16-8-7-15(27(30)31)9-17(16)32-21(26)29/h1-4,7-9,14H,5-6,10-11H2. The summed E-state index contributed by atoms with van der Waals surface area (Å²) in [6.45, 7) is -0.182. The molecule has 168 valence electrons. The number of halogens is 1. The van der Waals surface area contributed by atoms with Crippen LogP contribution < -0.4 is 5.76 Å². The van der Waals surface area contributed by atoms with Gasteiger partial charge >= 0.3 is 5.76 Å². The molecule has 0 saturated heterocycles. The predicted molar refractivity (Wildman–Crippen MR) is 115 cm³/mol. The van der Waals surface area contributed by atoms with Crippen LogP contribution in [0, 0.1) is 10.1 Å². The molecule has 1 saturated carbocycles. The summed E-state index contributed by atoms with van der Waals surface area (Å²) in [5, 5.41) is 19.6. The summed E-state index contributed by atoms with van der Waals surface area (Å²) in [6.07, 6.45) is 1.66. The van der Waals surface area contributed by atoms with Crippen molar-refractivity contribution in [1.29, 1.82) is 0 Å². The first-order valence-corrected chi connectivity index (χ1v) is 10.4. The number of fused-ring (bicyclic) bond motifs is 1. The second-order valence-corrected chi connectivity index (χ2v) is 8.06. The summed E-state index contributed by atoms with van der Waals surface area (Å²) in [5.41, 5.74) is 0.845. The van der Waals surface area contributed by atoms with E-state index in [1.54, 1.807) is 29.2 Å². The second-order valence-electron chi connectivity index (χ2n) is 7.62. The molecule has 11 nitrogen and oxygen atoms in total. The van der Waals surface area contributed by atoms with Gasteiger partial charge in [-0.15, -0.1) is 10.2 Å². The van der Waals surface area contributed by atoms with Crippen molar-refractivity contribution < 1.29 is 18.6 Å². The highest BCUT2D eigenvalue weighted by molar-refractivity contribution is 6.30. The lowest BCUT2D eigenvalue weighted by Gasteiger charge is -2.20. The highest BCUT2D eigenvalue weighted by Crippen LogP contribution is 2.29. The minimum atomic E-state index is -0.766. The van der Waals surface area contributed by atoms with Gasteiger partial charge in [0.15, 0.2) is 5.58 Å². The van der Waals surface area contributed by atoms with Crippen molar-refractivity contribution in [2.75, 3.05) is 0 Å². The summed E-state index contributed by atoms with van der Waals surface area (Å²) >= 11 is 5.91. The molecular formula is C21H16ClN5O6. The number of benzene rings is 2. The molecule has 0 bridgehead atoms. The SMILES string of the molecule is O=C(Cn1c(=O)oc2cc([N+](=O)[O-])ccc21)N(Cc1nnc(-c2ccc(Cl)cc2)o1)C1CC1. The Labute approximate surface area is 190 Å². The van der Waals surface area contributed by atoms with Gasteiger partial charge in [-0.05, 0) is 43.2 Å². The lowest BCUT2D eigenvalue weighted by Crippen LogP contribution is -2.37. The van der Waals surface area contributed by atoms with Crippen molar-refractivity contribution in [1.82, 2.24) is 19.7 Å². The number of hydrogen-bond donors (Lipinski definition) is 0. The number of rotatable bonds is 7. The van der Waals surface area contributed by atoms with Gasteiger partial charge in [-0.1, -0.05) is 11.6 Å². The molecule has 0 aliphatic heterocycles. The summed E-state index contributed by atoms with van der Waals surface area (Å²) in [5.74, 6) is -0.520. The largest absolute Gasteiger partial charge is 0.420 e. The Hall–Kier alpha value is -3.99. The number of oxazole rings is 1. The van der Waals surface area contributed by atoms with Crippen LogP contribution in [-0.4, -0.2) is 36.5 Å². The van der Waals surface area contributed by atoms with E-state index in [4.69, 9.17) is 20.4 Å². The lowest BCUT2D eigenvalue weighted by molar-refractivity contribution is -0.384. The van der Waals surface area contributed by atoms with Crippen molar-refractivity contribution in [3.05, 3.63) is 74.0 Å². The number of nitrogens with zero attached hydrogens (tertiary/aromatic N) is 5. The maximum Gasteiger partial charge on any atom is 0.420 e. The molecule has 2 aromatic heterocycles. The Morgan fingerprint density at radius 2 is 1.94 bits per heavy atom. The molecule has 33 heavy (non-hydrogen) atoms. The molecule has 1 aliphatic rings. The van der Waals surface area contributed by atoms with Crippen LogP contribution in [0.3, 0.4) is 0 Å². The molecule has 2 aromatic carbocycles. The minimum absolute atomic E-state index is 0.0123. The Kier molecular flexibility index (Phi) is 5.17. The van der Waals surface area contributed by atoms with Gasteiger partial charge in [-0.25, -0.2) is 4.79 Å². The van der Waals surface area contributed by atoms with Gasteiger partial charge < -0.3 is 13.7 Å². The Morgan fingerprint density at radius 1 is 1.18 bits per heavy atom. The Morgan fingerprint density at radius 3 is 2.64 bits per heavy atom. The number of carbonyl (C=O) groups excluding carboxylic acids is 1. The summed E-state index contributed by atoms with van der Waals surface area (Å²) in [6, 6.07) is 10.8. The maximum absolute atomic E-state index is 13.1. The van der Waals surface area contributed by atoms with Crippen molar-refractivity contribution in [3.63, 3.8) is 0 Å². The van der Waals surface area contributed by atoms with Gasteiger partial charge in [-0.3, -0.25) is 19.5 Å². The van der Waals surface area contributed by atoms with E-state index in [0.717, 1.165) is 23.5 Å². The van der Waals surface area contributed by atoms with Crippen molar-refractivity contribution in [3.8, 4) is 11.5 Å². The fourth-order valence-corrected chi connectivity index (χ4v) is 3.65. The number of non-ortho nitro benzene ring substituents is 1. The number of hydrogen-bond acceptors (Lipinski definition) is 8. The highest BCUT2D eigenvalue weighted by atomic mass is 35.5. The number of carbonyl (C=O) groups is 1. The summed E-state index contributed by atoms with van der Waals surface area (Å²) in [4.78, 5) is 37.4. The van der Waals surface area contributed by atoms with Crippen LogP contribution in [0.4, 0.5) is 5.69 Å². The molecule has 12 heteroatoms. The van der Waals surface area contributed by atoms with E-state index >= 15 is 0 Å². The average molecular weight is 470 g/mol. The number of nitro benzene ring substituents is 1. The third-order valence-corrected chi connectivity index (χ3v) is 5.58. The molecule has 0 atom stereocenters. The zero-order chi connectivity index (χ0) is 23.1. The van der Waals surface area contributed by atoms with Crippen LogP contribution in [0.15, 0.2) is 56.1 Å². The smallest absolute Gasteiger partial charge is 0.419 e. The van der Waals surface area contributed by atoms with E-state index in [0.29, 0.717) is 22.0 Å². The minimum Gasteiger partial charge on any atom is -0.419 e. The third kappa shape index (κ3) is 4.22. The van der Waals surface area contributed by atoms with E-state index in [-0.39, 0.29) is 42.2 Å². The van der Waals surface area contributed by atoms with Gasteiger partial charge in [-0.2, -0.15) is 0 Å². The molecule has 0 N–H and O–H groups in total. The van der Waals surface area contributed by atoms with Crippen molar-refractivity contribution in [2.45, 2.75) is 32.0 Å². The number of aromatic nitrogens is 3. The van der Waals surface area contributed by atoms with Crippen LogP contribution in [0.1, 0.15) is 18.7 Å². The maximum atomic E-state index is 13.1. The second kappa shape index (κ2) is 8.17. The van der Waals surface area contributed by atoms with Gasteiger partial charge in [0.1, 0.15) is 6.54 Å². The fraction of sp³-hybridized carbons (Fsp3) is 0.238. The summed E-state index contributed by atoms with van der Waals surface area (Å²) in [7, 11) is 0. The molecule has 0 spiro atoms. The average Bonchev–Trinajstić information content (AvgIpc) is 3.45. The molecule has 1 fully saturated rings. The zero-order valence-corrected chi connectivity index (χ0v) is 17.8. The van der Waals surface area contributed by atoms with Crippen molar-refractivity contribution in [2.24, 2.45) is 0 Å². The van der Waals surface area contributed by atoms with Crippen LogP contribution in [-0.2, 0) is 17.9 Å². The van der Waals surface area contributed by atoms with Gasteiger partial charge in [0.25, 0.3) is 5.69 Å². The molecule has 0 unspecified atom stereocenters. The van der Waals surface area contributed by atoms with E-state index in [1.807, 2.05) is 0 Å². The number of nitro groups is 1. The normalized spacial score (nSPS) is 13.4. The zero-order valence-electron chi connectivity index (χ0n) is 17.0. The van der Waals surface area contributed by atoms with E-state index in [2.05, 4.69) is 10.2 Å². The van der Waals surface area contributed by atoms with Crippen LogP contribution in [0.2, 0.25) is 5.02 Å². The first kappa shape index (κ1) is 20.9. The lowest BCUT2D eigenvalue weighted by atomic mass is 10.2. The fourth-order valence-electron chi connectivity index (χ4n) is 3.52. The van der Waals surface area contributed by atoms with Crippen LogP contribution in [0.25, 0.3) is 22.6 Å². The summed E-state index contributed by atoms with van der Waals surface area (Å²) < 4.78 is 12.0. The first-order valence-electron chi connectivity index (χ1n) is 10.0. The van der Waals surface area contributed by atoms with E-state index in [1.165, 1.54) is 12.1 Å². The topological polar surface area (TPSA) is 138 Å². The van der Waals surface area contributed by atoms with Crippen LogP contribution in [0.5, 0.6) is 0 Å². The molecular weight excluding hydrogens is 454 g/mol. The number of amides is 1. The Balaban J connectivity index is 1.36. The Bertz CT molecular complexity index is 1420. The molecule has 5 rings (SSSR count). The molecule has 1 aliphatic carbocycles. The molecule has 0 radical (unpaired) electrons. The van der Waals surface area contributed by atoms with E-state index in [9.17, 15) is 19.7 Å². The van der Waals surface area contributed by atoms with Crippen LogP contribution >= 0.6 is 11.6 Å². The van der Waals surface area contributed by atoms with Gasteiger partial charge in [0.05, 0.1) is 23.1 Å².